The van der Waals surface area contributed by atoms with Gasteiger partial charge in [0.25, 0.3) is 5.91 Å². The number of aromatic nitrogens is 1. The summed E-state index contributed by atoms with van der Waals surface area (Å²) in [5.41, 5.74) is -0.879. The fourth-order valence-corrected chi connectivity index (χ4v) is 2.78. The van der Waals surface area contributed by atoms with Crippen LogP contribution in [0.25, 0.3) is 0 Å². The number of carbonyl (C=O) groups excluding carboxylic acids is 2. The maximum Gasteiger partial charge on any atom is 0.255 e. The lowest BCUT2D eigenvalue weighted by Crippen LogP contribution is -2.42. The number of rotatable bonds is 6. The Morgan fingerprint density at radius 1 is 1.56 bits per heavy atom. The highest BCUT2D eigenvalue weighted by molar-refractivity contribution is 6.29. The van der Waals surface area contributed by atoms with Crippen molar-refractivity contribution in [1.82, 2.24) is 10.3 Å². The minimum atomic E-state index is -1.61. The number of amides is 1. The van der Waals surface area contributed by atoms with Crippen molar-refractivity contribution in [1.29, 1.82) is 0 Å². The van der Waals surface area contributed by atoms with E-state index < -0.39 is 17.7 Å². The normalized spacial score (nSPS) is 19.4. The van der Waals surface area contributed by atoms with E-state index in [1.165, 1.54) is 26.1 Å². The molecule has 2 atom stereocenters. The fourth-order valence-electron chi connectivity index (χ4n) is 2.63. The molecule has 6 nitrogen and oxygen atoms in total. The number of aliphatic hydroxyl groups is 1. The number of anilines is 1. The van der Waals surface area contributed by atoms with Crippen molar-refractivity contribution in [3.8, 4) is 0 Å². The third kappa shape index (κ3) is 5.64. The lowest BCUT2D eigenvalue weighted by Gasteiger charge is -2.25. The third-order valence-corrected chi connectivity index (χ3v) is 4.37. The molecule has 1 aromatic rings. The first-order chi connectivity index (χ1) is 11.7. The lowest BCUT2D eigenvalue weighted by molar-refractivity contribution is -0.120. The molecular formula is C17H23ClFN3O3. The molecule has 0 saturated heterocycles. The van der Waals surface area contributed by atoms with Crippen LogP contribution in [0.2, 0.25) is 5.15 Å². The molecule has 0 aliphatic heterocycles. The zero-order valence-electron chi connectivity index (χ0n) is 14.3. The molecule has 3 N–H and O–H groups in total. The molecule has 0 spiro atoms. The molecule has 1 heterocycles. The number of hydrogen-bond acceptors (Lipinski definition) is 5. The van der Waals surface area contributed by atoms with Gasteiger partial charge in [0, 0.05) is 25.1 Å². The smallest absolute Gasteiger partial charge is 0.255 e. The second kappa shape index (κ2) is 8.10. The molecule has 1 fully saturated rings. The number of alkyl halides is 1. The summed E-state index contributed by atoms with van der Waals surface area (Å²) < 4.78 is 13.8. The second-order valence-corrected chi connectivity index (χ2v) is 7.25. The van der Waals surface area contributed by atoms with Crippen molar-refractivity contribution in [2.45, 2.75) is 57.3 Å². The van der Waals surface area contributed by atoms with Gasteiger partial charge < -0.3 is 15.7 Å². The zero-order chi connectivity index (χ0) is 18.6. The number of carbonyl (C=O) groups is 2. The average molecular weight is 372 g/mol. The van der Waals surface area contributed by atoms with Crippen LogP contribution in [-0.4, -0.2) is 46.1 Å². The topological polar surface area (TPSA) is 91.3 Å². The first-order valence-electron chi connectivity index (χ1n) is 8.25. The summed E-state index contributed by atoms with van der Waals surface area (Å²) in [5, 5.41) is 15.4. The van der Waals surface area contributed by atoms with Crippen LogP contribution in [0.1, 0.15) is 49.9 Å². The SMILES string of the molecule is CC(C)(O)[C@H](F)CNC(=O)c1cnc(Cl)cc1N[C@H]1CCCC(=O)C1. The number of Topliss-reactive ketones (excluding diaryl/α,β-unsaturated/α-hetero) is 1. The third-order valence-electron chi connectivity index (χ3n) is 4.17. The number of nitrogens with one attached hydrogen (secondary N) is 2. The predicted octanol–water partition coefficient (Wildman–Crippen LogP) is 2.50. The summed E-state index contributed by atoms with van der Waals surface area (Å²) in [7, 11) is 0. The Labute approximate surface area is 151 Å². The fraction of sp³-hybridized carbons (Fsp3) is 0.588. The molecule has 1 aliphatic carbocycles. The van der Waals surface area contributed by atoms with E-state index in [4.69, 9.17) is 11.6 Å². The van der Waals surface area contributed by atoms with Crippen LogP contribution in [0.15, 0.2) is 12.3 Å². The summed E-state index contributed by atoms with van der Waals surface area (Å²) in [6, 6.07) is 1.44. The Bertz CT molecular complexity index is 649. The highest BCUT2D eigenvalue weighted by Crippen LogP contribution is 2.24. The van der Waals surface area contributed by atoms with Crippen LogP contribution in [0.5, 0.6) is 0 Å². The minimum Gasteiger partial charge on any atom is -0.387 e. The van der Waals surface area contributed by atoms with Crippen LogP contribution in [0.3, 0.4) is 0 Å². The highest BCUT2D eigenvalue weighted by Gasteiger charge is 2.27. The molecule has 1 amide bonds. The number of pyridine rings is 1. The van der Waals surface area contributed by atoms with E-state index in [1.807, 2.05) is 0 Å². The Hall–Kier alpha value is -1.73. The van der Waals surface area contributed by atoms with Gasteiger partial charge in [0.2, 0.25) is 0 Å². The minimum absolute atomic E-state index is 0.0726. The monoisotopic (exact) mass is 371 g/mol. The van der Waals surface area contributed by atoms with Crippen molar-refractivity contribution in [3.05, 3.63) is 23.0 Å². The van der Waals surface area contributed by atoms with Crippen molar-refractivity contribution >= 4 is 29.0 Å². The van der Waals surface area contributed by atoms with Gasteiger partial charge in [0.1, 0.15) is 17.1 Å². The van der Waals surface area contributed by atoms with Gasteiger partial charge in [-0.25, -0.2) is 9.37 Å². The predicted molar refractivity (Wildman–Crippen MR) is 93.7 cm³/mol. The van der Waals surface area contributed by atoms with E-state index >= 15 is 0 Å². The molecule has 1 aromatic heterocycles. The lowest BCUT2D eigenvalue weighted by atomic mass is 9.94. The van der Waals surface area contributed by atoms with Crippen LogP contribution in [0.4, 0.5) is 10.1 Å². The van der Waals surface area contributed by atoms with Crippen molar-refractivity contribution in [2.24, 2.45) is 0 Å². The van der Waals surface area contributed by atoms with E-state index in [9.17, 15) is 19.1 Å². The van der Waals surface area contributed by atoms with E-state index in [0.717, 1.165) is 12.8 Å². The highest BCUT2D eigenvalue weighted by atomic mass is 35.5. The van der Waals surface area contributed by atoms with Gasteiger partial charge in [0.15, 0.2) is 0 Å². The van der Waals surface area contributed by atoms with Crippen LogP contribution in [0, 0.1) is 0 Å². The molecule has 138 valence electrons. The Morgan fingerprint density at radius 3 is 2.92 bits per heavy atom. The molecule has 0 bridgehead atoms. The first-order valence-corrected chi connectivity index (χ1v) is 8.63. The van der Waals surface area contributed by atoms with Gasteiger partial charge in [-0.05, 0) is 32.8 Å². The van der Waals surface area contributed by atoms with Crippen LogP contribution < -0.4 is 10.6 Å². The maximum absolute atomic E-state index is 13.8. The van der Waals surface area contributed by atoms with Gasteiger partial charge in [0.05, 0.1) is 23.4 Å². The maximum atomic E-state index is 13.8. The van der Waals surface area contributed by atoms with Crippen molar-refractivity contribution < 1.29 is 19.1 Å². The van der Waals surface area contributed by atoms with E-state index in [-0.39, 0.29) is 29.1 Å². The number of ketones is 1. The van der Waals surface area contributed by atoms with E-state index in [1.54, 1.807) is 0 Å². The molecule has 0 aromatic carbocycles. The summed E-state index contributed by atoms with van der Waals surface area (Å²) >= 11 is 5.91. The standard InChI is InChI=1S/C17H23ClFN3O3/c1-17(2,25)14(19)9-21-16(24)12-8-20-15(18)7-13(12)22-10-4-3-5-11(23)6-10/h7-8,10,14,25H,3-6,9H2,1-2H3,(H,20,22)(H,21,24)/t10-,14+/m0/s1. The summed E-state index contributed by atoms with van der Waals surface area (Å²) in [4.78, 5) is 27.9. The van der Waals surface area contributed by atoms with Crippen LogP contribution >= 0.6 is 11.6 Å². The Balaban J connectivity index is 2.09. The number of nitrogens with zero attached hydrogens (tertiary/aromatic N) is 1. The summed E-state index contributed by atoms with van der Waals surface area (Å²) in [6.07, 6.45) is 2.29. The van der Waals surface area contributed by atoms with Gasteiger partial charge in [-0.15, -0.1) is 0 Å². The molecule has 2 rings (SSSR count). The first kappa shape index (κ1) is 19.6. The Morgan fingerprint density at radius 2 is 2.28 bits per heavy atom. The average Bonchev–Trinajstić information content (AvgIpc) is 2.51. The molecule has 25 heavy (non-hydrogen) atoms. The van der Waals surface area contributed by atoms with Gasteiger partial charge >= 0.3 is 0 Å². The molecule has 0 radical (unpaired) electrons. The molecule has 8 heteroatoms. The second-order valence-electron chi connectivity index (χ2n) is 6.86. The van der Waals surface area contributed by atoms with Gasteiger partial charge in [-0.3, -0.25) is 9.59 Å². The Kier molecular flexibility index (Phi) is 6.35. The molecule has 1 aliphatic rings. The largest absolute Gasteiger partial charge is 0.387 e. The quantitative estimate of drug-likeness (QED) is 0.668. The van der Waals surface area contributed by atoms with E-state index in [0.29, 0.717) is 18.5 Å². The molecule has 1 saturated carbocycles. The molecule has 0 unspecified atom stereocenters. The summed E-state index contributed by atoms with van der Waals surface area (Å²) in [5.74, 6) is -0.346. The zero-order valence-corrected chi connectivity index (χ0v) is 15.1. The van der Waals surface area contributed by atoms with E-state index in [2.05, 4.69) is 15.6 Å². The molecular weight excluding hydrogens is 349 g/mol. The van der Waals surface area contributed by atoms with Crippen molar-refractivity contribution in [2.75, 3.05) is 11.9 Å². The van der Waals surface area contributed by atoms with Crippen LogP contribution in [-0.2, 0) is 4.79 Å². The number of hydrogen-bond donors (Lipinski definition) is 3. The van der Waals surface area contributed by atoms with Gasteiger partial charge in [-0.2, -0.15) is 0 Å². The number of halogens is 2. The summed E-state index contributed by atoms with van der Waals surface area (Å²) in [6.45, 7) is 2.34. The van der Waals surface area contributed by atoms with Crippen molar-refractivity contribution in [3.63, 3.8) is 0 Å². The van der Waals surface area contributed by atoms with Gasteiger partial charge in [-0.1, -0.05) is 11.6 Å².